The molecule has 1 aliphatic rings. The van der Waals surface area contributed by atoms with E-state index in [2.05, 4.69) is 5.32 Å². The number of halogens is 1. The van der Waals surface area contributed by atoms with Gasteiger partial charge in [-0.25, -0.2) is 4.39 Å². The van der Waals surface area contributed by atoms with Gasteiger partial charge in [0.25, 0.3) is 5.91 Å². The molecule has 5 heteroatoms. The van der Waals surface area contributed by atoms with Gasteiger partial charge in [-0.15, -0.1) is 0 Å². The normalized spacial score (nSPS) is 16.3. The van der Waals surface area contributed by atoms with Crippen molar-refractivity contribution in [2.75, 3.05) is 13.1 Å². The van der Waals surface area contributed by atoms with Crippen LogP contribution in [0.1, 0.15) is 29.6 Å². The number of hydrogen-bond acceptors (Lipinski definition) is 3. The number of aromatic hydroxyl groups is 1. The van der Waals surface area contributed by atoms with Crippen LogP contribution in [0.3, 0.4) is 0 Å². The second-order valence-electron chi connectivity index (χ2n) is 4.88. The molecule has 18 heavy (non-hydrogen) atoms. The molecule has 2 rings (SSSR count). The predicted octanol–water partition coefficient (Wildman–Crippen LogP) is 1.39. The highest BCUT2D eigenvalue weighted by molar-refractivity contribution is 5.96. The van der Waals surface area contributed by atoms with Crippen molar-refractivity contribution in [2.45, 2.75) is 19.3 Å². The molecule has 0 heterocycles. The molecule has 1 amide bonds. The highest BCUT2D eigenvalue weighted by Crippen LogP contribution is 2.47. The van der Waals surface area contributed by atoms with Gasteiger partial charge in [-0.05, 0) is 49.4 Å². The minimum absolute atomic E-state index is 0.0291. The van der Waals surface area contributed by atoms with Crippen LogP contribution in [0, 0.1) is 11.2 Å². The molecule has 0 bridgehead atoms. The Balaban J connectivity index is 1.98. The number of nitrogens with one attached hydrogen (secondary N) is 1. The molecule has 0 atom stereocenters. The van der Waals surface area contributed by atoms with Crippen LogP contribution in [0.25, 0.3) is 0 Å². The third kappa shape index (κ3) is 2.79. The van der Waals surface area contributed by atoms with Gasteiger partial charge in [-0.3, -0.25) is 4.79 Å². The summed E-state index contributed by atoms with van der Waals surface area (Å²) in [6, 6.07) is 3.33. The van der Waals surface area contributed by atoms with Crippen molar-refractivity contribution in [3.8, 4) is 5.75 Å². The topological polar surface area (TPSA) is 75.3 Å². The van der Waals surface area contributed by atoms with Crippen LogP contribution in [0.15, 0.2) is 18.2 Å². The van der Waals surface area contributed by atoms with Crippen LogP contribution < -0.4 is 11.1 Å². The van der Waals surface area contributed by atoms with Crippen LogP contribution >= 0.6 is 0 Å². The zero-order valence-electron chi connectivity index (χ0n) is 10.1. The van der Waals surface area contributed by atoms with E-state index in [4.69, 9.17) is 5.73 Å². The monoisotopic (exact) mass is 252 g/mol. The summed E-state index contributed by atoms with van der Waals surface area (Å²) in [5.74, 6) is -1.20. The number of carbonyl (C=O) groups is 1. The Labute approximate surface area is 105 Å². The summed E-state index contributed by atoms with van der Waals surface area (Å²) < 4.78 is 13.0. The highest BCUT2D eigenvalue weighted by Gasteiger charge is 2.41. The van der Waals surface area contributed by atoms with E-state index in [9.17, 15) is 14.3 Å². The van der Waals surface area contributed by atoms with E-state index < -0.39 is 11.7 Å². The summed E-state index contributed by atoms with van der Waals surface area (Å²) in [4.78, 5) is 11.8. The summed E-state index contributed by atoms with van der Waals surface area (Å²) in [6.07, 6.45) is 2.99. The standard InChI is InChI=1S/C13H17FN2O2/c14-9-1-2-11(17)10(7-9)12(18)16-8-13(3-4-13)5-6-15/h1-2,7,17H,3-6,8,15H2,(H,16,18). The number of benzene rings is 1. The second-order valence-corrected chi connectivity index (χ2v) is 4.88. The van der Waals surface area contributed by atoms with Crippen LogP contribution in [-0.4, -0.2) is 24.1 Å². The Morgan fingerprint density at radius 2 is 2.22 bits per heavy atom. The lowest BCUT2D eigenvalue weighted by atomic mass is 10.0. The fraction of sp³-hybridized carbons (Fsp3) is 0.462. The summed E-state index contributed by atoms with van der Waals surface area (Å²) in [6.45, 7) is 1.13. The molecule has 1 aliphatic carbocycles. The Kier molecular flexibility index (Phi) is 3.52. The van der Waals surface area contributed by atoms with Gasteiger partial charge in [0.15, 0.2) is 0 Å². The Hall–Kier alpha value is -1.62. The Morgan fingerprint density at radius 3 is 2.83 bits per heavy atom. The molecule has 0 spiro atoms. The van der Waals surface area contributed by atoms with Gasteiger partial charge in [-0.1, -0.05) is 0 Å². The molecule has 0 aliphatic heterocycles. The number of phenolic OH excluding ortho intramolecular Hbond substituents is 1. The van der Waals surface area contributed by atoms with Crippen molar-refractivity contribution < 1.29 is 14.3 Å². The smallest absolute Gasteiger partial charge is 0.255 e. The molecule has 98 valence electrons. The molecular formula is C13H17FN2O2. The molecule has 0 aromatic heterocycles. The summed E-state index contributed by atoms with van der Waals surface area (Å²) in [7, 11) is 0. The van der Waals surface area contributed by atoms with Gasteiger partial charge in [0.2, 0.25) is 0 Å². The fourth-order valence-electron chi connectivity index (χ4n) is 2.05. The predicted molar refractivity (Wildman–Crippen MR) is 65.7 cm³/mol. The SMILES string of the molecule is NCCC1(CNC(=O)c2cc(F)ccc2O)CC1. The number of rotatable bonds is 5. The largest absolute Gasteiger partial charge is 0.507 e. The molecule has 4 N–H and O–H groups in total. The van der Waals surface area contributed by atoms with E-state index in [0.29, 0.717) is 13.1 Å². The van der Waals surface area contributed by atoms with Gasteiger partial charge < -0.3 is 16.2 Å². The number of nitrogens with two attached hydrogens (primary N) is 1. The van der Waals surface area contributed by atoms with Crippen LogP contribution in [-0.2, 0) is 0 Å². The van der Waals surface area contributed by atoms with E-state index >= 15 is 0 Å². The van der Waals surface area contributed by atoms with Crippen LogP contribution in [0.4, 0.5) is 4.39 Å². The first kappa shape index (κ1) is 12.8. The van der Waals surface area contributed by atoms with E-state index in [1.54, 1.807) is 0 Å². The lowest BCUT2D eigenvalue weighted by Gasteiger charge is -2.15. The van der Waals surface area contributed by atoms with Gasteiger partial charge >= 0.3 is 0 Å². The van der Waals surface area contributed by atoms with Crippen LogP contribution in [0.5, 0.6) is 5.75 Å². The lowest BCUT2D eigenvalue weighted by molar-refractivity contribution is 0.0941. The molecule has 1 fully saturated rings. The summed E-state index contributed by atoms with van der Waals surface area (Å²) in [5.41, 5.74) is 5.60. The Bertz CT molecular complexity index is 458. The molecule has 1 saturated carbocycles. The van der Waals surface area contributed by atoms with Crippen molar-refractivity contribution in [1.82, 2.24) is 5.32 Å². The fourth-order valence-corrected chi connectivity index (χ4v) is 2.05. The third-order valence-electron chi connectivity index (χ3n) is 3.46. The maximum absolute atomic E-state index is 13.0. The maximum atomic E-state index is 13.0. The average Bonchev–Trinajstić information content (AvgIpc) is 3.10. The molecule has 1 aromatic rings. The molecule has 1 aromatic carbocycles. The van der Waals surface area contributed by atoms with Gasteiger partial charge in [0.1, 0.15) is 11.6 Å². The van der Waals surface area contributed by atoms with Crippen molar-refractivity contribution in [3.05, 3.63) is 29.6 Å². The van der Waals surface area contributed by atoms with Crippen molar-refractivity contribution in [2.24, 2.45) is 11.1 Å². The summed E-state index contributed by atoms with van der Waals surface area (Å²) >= 11 is 0. The van der Waals surface area contributed by atoms with Crippen molar-refractivity contribution in [1.29, 1.82) is 0 Å². The van der Waals surface area contributed by atoms with E-state index in [1.165, 1.54) is 6.07 Å². The van der Waals surface area contributed by atoms with E-state index in [0.717, 1.165) is 31.4 Å². The molecule has 0 radical (unpaired) electrons. The van der Waals surface area contributed by atoms with Gasteiger partial charge in [-0.2, -0.15) is 0 Å². The third-order valence-corrected chi connectivity index (χ3v) is 3.46. The van der Waals surface area contributed by atoms with Crippen LogP contribution in [0.2, 0.25) is 0 Å². The Morgan fingerprint density at radius 1 is 1.50 bits per heavy atom. The van der Waals surface area contributed by atoms with Crippen molar-refractivity contribution >= 4 is 5.91 Å². The van der Waals surface area contributed by atoms with Crippen molar-refractivity contribution in [3.63, 3.8) is 0 Å². The first-order valence-corrected chi connectivity index (χ1v) is 6.03. The molecule has 4 nitrogen and oxygen atoms in total. The number of phenols is 1. The van der Waals surface area contributed by atoms with E-state index in [-0.39, 0.29) is 16.7 Å². The highest BCUT2D eigenvalue weighted by atomic mass is 19.1. The maximum Gasteiger partial charge on any atom is 0.255 e. The first-order chi connectivity index (χ1) is 8.56. The molecule has 0 unspecified atom stereocenters. The zero-order valence-corrected chi connectivity index (χ0v) is 10.1. The average molecular weight is 252 g/mol. The van der Waals surface area contributed by atoms with Gasteiger partial charge in [0, 0.05) is 6.54 Å². The second kappa shape index (κ2) is 4.94. The zero-order chi connectivity index (χ0) is 13.2. The first-order valence-electron chi connectivity index (χ1n) is 6.03. The molecular weight excluding hydrogens is 235 g/mol. The quantitative estimate of drug-likeness (QED) is 0.741. The van der Waals surface area contributed by atoms with Gasteiger partial charge in [0.05, 0.1) is 5.56 Å². The lowest BCUT2D eigenvalue weighted by Crippen LogP contribution is -2.31. The van der Waals surface area contributed by atoms with E-state index in [1.807, 2.05) is 0 Å². The summed E-state index contributed by atoms with van der Waals surface area (Å²) in [5, 5.41) is 12.2. The number of hydrogen-bond donors (Lipinski definition) is 3. The number of amides is 1. The minimum atomic E-state index is -0.541. The number of carbonyl (C=O) groups excluding carboxylic acids is 1. The minimum Gasteiger partial charge on any atom is -0.507 e. The molecule has 0 saturated heterocycles.